The van der Waals surface area contributed by atoms with Crippen molar-refractivity contribution in [2.24, 2.45) is 4.36 Å². The highest BCUT2D eigenvalue weighted by atomic mass is 32.2. The van der Waals surface area contributed by atoms with Gasteiger partial charge in [0.15, 0.2) is 0 Å². The molecular formula is C10H13NO2S. The van der Waals surface area contributed by atoms with Crippen LogP contribution in [0.4, 0.5) is 5.69 Å². The molecule has 0 N–H and O–H groups in total. The Morgan fingerprint density at radius 2 is 1.79 bits per heavy atom. The lowest BCUT2D eigenvalue weighted by molar-refractivity contribution is 0.158. The van der Waals surface area contributed by atoms with Gasteiger partial charge in [-0.1, -0.05) is 18.2 Å². The first-order chi connectivity index (χ1) is 6.79. The molecule has 0 saturated carbocycles. The topological polar surface area (TPSA) is 38.7 Å². The summed E-state index contributed by atoms with van der Waals surface area (Å²) in [4.78, 5) is 0. The second-order valence-electron chi connectivity index (χ2n) is 3.22. The third kappa shape index (κ3) is 2.33. The molecule has 1 aromatic carbocycles. The van der Waals surface area contributed by atoms with Crippen LogP contribution in [0.3, 0.4) is 0 Å². The van der Waals surface area contributed by atoms with Gasteiger partial charge in [-0.25, -0.2) is 4.21 Å². The molecule has 0 aromatic heterocycles. The van der Waals surface area contributed by atoms with Crippen LogP contribution in [0.15, 0.2) is 34.7 Å². The molecule has 0 amide bonds. The summed E-state index contributed by atoms with van der Waals surface area (Å²) >= 11 is 0. The van der Waals surface area contributed by atoms with Gasteiger partial charge < -0.3 is 4.74 Å². The van der Waals surface area contributed by atoms with Crippen LogP contribution in [-0.2, 0) is 14.5 Å². The highest BCUT2D eigenvalue weighted by Gasteiger charge is 2.14. The largest absolute Gasteiger partial charge is 0.379 e. The lowest BCUT2D eigenvalue weighted by Gasteiger charge is -2.15. The minimum atomic E-state index is -2.04. The van der Waals surface area contributed by atoms with E-state index in [9.17, 15) is 4.21 Å². The first-order valence-electron chi connectivity index (χ1n) is 4.64. The fourth-order valence-corrected chi connectivity index (χ4v) is 3.00. The van der Waals surface area contributed by atoms with Crippen LogP contribution in [0.1, 0.15) is 0 Å². The lowest BCUT2D eigenvalue weighted by atomic mass is 10.3. The summed E-state index contributed by atoms with van der Waals surface area (Å²) in [6.07, 6.45) is 0. The second kappa shape index (κ2) is 4.11. The predicted octanol–water partition coefficient (Wildman–Crippen LogP) is 1.82. The molecule has 1 aliphatic rings. The van der Waals surface area contributed by atoms with Gasteiger partial charge in [0, 0.05) is 0 Å². The summed E-state index contributed by atoms with van der Waals surface area (Å²) in [5.41, 5.74) is 0.805. The van der Waals surface area contributed by atoms with Crippen LogP contribution < -0.4 is 0 Å². The first-order valence-corrected chi connectivity index (χ1v) is 6.49. The van der Waals surface area contributed by atoms with E-state index in [0.717, 1.165) is 5.69 Å². The molecule has 1 aliphatic heterocycles. The SMILES string of the molecule is O=S1(=Nc2ccccc2)CCOCC1. The normalized spacial score (nSPS) is 20.3. The number of hydrogen-bond donors (Lipinski definition) is 0. The van der Waals surface area contributed by atoms with Crippen LogP contribution in [0.5, 0.6) is 0 Å². The van der Waals surface area contributed by atoms with E-state index in [0.29, 0.717) is 24.7 Å². The molecule has 1 heterocycles. The van der Waals surface area contributed by atoms with Crippen molar-refractivity contribution in [3.63, 3.8) is 0 Å². The Balaban J connectivity index is 2.29. The molecule has 76 valence electrons. The number of hydrogen-bond acceptors (Lipinski definition) is 3. The Bertz CT molecular complexity index is 395. The Morgan fingerprint density at radius 1 is 1.14 bits per heavy atom. The molecule has 1 saturated heterocycles. The van der Waals surface area contributed by atoms with Crippen LogP contribution >= 0.6 is 0 Å². The molecule has 1 aromatic rings. The van der Waals surface area contributed by atoms with Crippen molar-refractivity contribution in [1.29, 1.82) is 0 Å². The summed E-state index contributed by atoms with van der Waals surface area (Å²) < 4.78 is 21.6. The van der Waals surface area contributed by atoms with Gasteiger partial charge >= 0.3 is 0 Å². The highest BCUT2D eigenvalue weighted by Crippen LogP contribution is 2.15. The molecule has 2 rings (SSSR count). The zero-order chi connectivity index (χ0) is 9.86. The van der Waals surface area contributed by atoms with E-state index in [1.54, 1.807) is 0 Å². The van der Waals surface area contributed by atoms with Crippen molar-refractivity contribution in [3.05, 3.63) is 30.3 Å². The number of ether oxygens (including phenoxy) is 1. The van der Waals surface area contributed by atoms with E-state index in [2.05, 4.69) is 4.36 Å². The quantitative estimate of drug-likeness (QED) is 0.710. The number of nitrogens with zero attached hydrogens (tertiary/aromatic N) is 1. The molecule has 0 radical (unpaired) electrons. The van der Waals surface area contributed by atoms with Gasteiger partial charge in [-0.05, 0) is 12.1 Å². The summed E-state index contributed by atoms with van der Waals surface area (Å²) in [5, 5.41) is 0. The van der Waals surface area contributed by atoms with E-state index in [-0.39, 0.29) is 0 Å². The predicted molar refractivity (Wildman–Crippen MR) is 57.2 cm³/mol. The minimum Gasteiger partial charge on any atom is -0.379 e. The summed E-state index contributed by atoms with van der Waals surface area (Å²) in [6.45, 7) is 1.13. The average molecular weight is 211 g/mol. The molecule has 0 bridgehead atoms. The monoisotopic (exact) mass is 211 g/mol. The second-order valence-corrected chi connectivity index (χ2v) is 5.76. The maximum absolute atomic E-state index is 12.1. The molecule has 0 atom stereocenters. The Morgan fingerprint density at radius 3 is 2.43 bits per heavy atom. The van der Waals surface area contributed by atoms with E-state index >= 15 is 0 Å². The first kappa shape index (κ1) is 9.68. The van der Waals surface area contributed by atoms with Crippen molar-refractivity contribution >= 4 is 15.4 Å². The molecule has 3 nitrogen and oxygen atoms in total. The third-order valence-corrected chi connectivity index (χ3v) is 4.27. The van der Waals surface area contributed by atoms with E-state index in [4.69, 9.17) is 4.74 Å². The van der Waals surface area contributed by atoms with Gasteiger partial charge in [-0.3, -0.25) is 0 Å². The molecule has 1 fully saturated rings. The van der Waals surface area contributed by atoms with Gasteiger partial charge in [0.05, 0.1) is 40.1 Å². The summed E-state index contributed by atoms with van der Waals surface area (Å²) in [5.74, 6) is 1.11. The van der Waals surface area contributed by atoms with Crippen LogP contribution in [0.25, 0.3) is 0 Å². The Labute approximate surface area is 84.3 Å². The van der Waals surface area contributed by atoms with Gasteiger partial charge in [0.25, 0.3) is 0 Å². The fraction of sp³-hybridized carbons (Fsp3) is 0.400. The molecule has 0 aliphatic carbocycles. The Hall–Kier alpha value is -0.870. The molecule has 0 spiro atoms. The van der Waals surface area contributed by atoms with Crippen molar-refractivity contribution in [2.75, 3.05) is 24.7 Å². The van der Waals surface area contributed by atoms with Crippen molar-refractivity contribution in [3.8, 4) is 0 Å². The van der Waals surface area contributed by atoms with Crippen molar-refractivity contribution in [2.45, 2.75) is 0 Å². The smallest absolute Gasteiger partial charge is 0.0730 e. The van der Waals surface area contributed by atoms with E-state index in [1.165, 1.54) is 0 Å². The molecule has 14 heavy (non-hydrogen) atoms. The van der Waals surface area contributed by atoms with Gasteiger partial charge in [-0.15, -0.1) is 0 Å². The van der Waals surface area contributed by atoms with E-state index < -0.39 is 9.73 Å². The molecule has 0 unspecified atom stereocenters. The highest BCUT2D eigenvalue weighted by molar-refractivity contribution is 7.93. The zero-order valence-corrected chi connectivity index (χ0v) is 8.70. The average Bonchev–Trinajstić information content (AvgIpc) is 2.19. The maximum Gasteiger partial charge on any atom is 0.0730 e. The van der Waals surface area contributed by atoms with Crippen LogP contribution in [0, 0.1) is 0 Å². The van der Waals surface area contributed by atoms with Crippen molar-refractivity contribution < 1.29 is 8.95 Å². The van der Waals surface area contributed by atoms with Gasteiger partial charge in [-0.2, -0.15) is 4.36 Å². The maximum atomic E-state index is 12.1. The van der Waals surface area contributed by atoms with E-state index in [1.807, 2.05) is 30.3 Å². The number of rotatable bonds is 1. The van der Waals surface area contributed by atoms with Crippen LogP contribution in [-0.4, -0.2) is 28.9 Å². The summed E-state index contributed by atoms with van der Waals surface area (Å²) in [6, 6.07) is 9.49. The minimum absolute atomic E-state index is 0.557. The van der Waals surface area contributed by atoms with Gasteiger partial charge in [0.1, 0.15) is 0 Å². The van der Waals surface area contributed by atoms with Crippen molar-refractivity contribution in [1.82, 2.24) is 0 Å². The zero-order valence-electron chi connectivity index (χ0n) is 7.89. The number of benzene rings is 1. The Kier molecular flexibility index (Phi) is 2.84. The van der Waals surface area contributed by atoms with Crippen LogP contribution in [0.2, 0.25) is 0 Å². The fourth-order valence-electron chi connectivity index (χ4n) is 1.35. The molecular weight excluding hydrogens is 198 g/mol. The standard InChI is InChI=1S/C10H13NO2S/c12-14(8-6-13-7-9-14)11-10-4-2-1-3-5-10/h1-5H,6-9H2. The lowest BCUT2D eigenvalue weighted by Crippen LogP contribution is -2.25. The summed E-state index contributed by atoms with van der Waals surface area (Å²) in [7, 11) is -2.04. The molecule has 4 heteroatoms. The van der Waals surface area contributed by atoms with Gasteiger partial charge in [0.2, 0.25) is 0 Å². The third-order valence-electron chi connectivity index (χ3n) is 2.12.